The van der Waals surface area contributed by atoms with Crippen molar-refractivity contribution in [2.24, 2.45) is 0 Å². The predicted molar refractivity (Wildman–Crippen MR) is 103 cm³/mol. The number of nitrogens with zero attached hydrogens (tertiary/aromatic N) is 2. The Kier molecular flexibility index (Phi) is 5.16. The second kappa shape index (κ2) is 7.68. The third-order valence-corrected chi connectivity index (χ3v) is 3.98. The van der Waals surface area contributed by atoms with Gasteiger partial charge >= 0.3 is 0 Å². The molecular weight excluding hydrogens is 348 g/mol. The van der Waals surface area contributed by atoms with Crippen LogP contribution in [-0.4, -0.2) is 10.9 Å². The lowest BCUT2D eigenvalue weighted by Crippen LogP contribution is -2.14. The van der Waals surface area contributed by atoms with Gasteiger partial charge in [0.15, 0.2) is 0 Å². The van der Waals surface area contributed by atoms with E-state index in [1.165, 1.54) is 0 Å². The molecule has 3 rings (SSSR count). The lowest BCUT2D eigenvalue weighted by atomic mass is 10.2. The van der Waals surface area contributed by atoms with Crippen molar-refractivity contribution in [3.8, 4) is 6.07 Å². The fraction of sp³-hybridized carbons (Fsp3) is 0.0500. The van der Waals surface area contributed by atoms with Crippen LogP contribution in [0.5, 0.6) is 0 Å². The largest absolute Gasteiger partial charge is 0.355 e. The summed E-state index contributed by atoms with van der Waals surface area (Å²) in [6.45, 7) is 1.89. The molecular formula is C20H15ClN4O. The molecule has 2 aromatic carbocycles. The van der Waals surface area contributed by atoms with E-state index in [4.69, 9.17) is 16.9 Å². The van der Waals surface area contributed by atoms with Gasteiger partial charge in [-0.15, -0.1) is 0 Å². The first-order valence-electron chi connectivity index (χ1n) is 7.86. The van der Waals surface area contributed by atoms with Crippen LogP contribution in [0.25, 0.3) is 0 Å². The van der Waals surface area contributed by atoms with Crippen LogP contribution in [0.3, 0.4) is 0 Å². The van der Waals surface area contributed by atoms with Gasteiger partial charge in [-0.25, -0.2) is 0 Å². The zero-order valence-corrected chi connectivity index (χ0v) is 14.7. The molecule has 1 aromatic heterocycles. The fourth-order valence-electron chi connectivity index (χ4n) is 2.34. The molecule has 0 aliphatic heterocycles. The van der Waals surface area contributed by atoms with E-state index in [0.29, 0.717) is 16.3 Å². The molecule has 0 bridgehead atoms. The fourth-order valence-corrected chi connectivity index (χ4v) is 2.51. The molecule has 1 amide bonds. The van der Waals surface area contributed by atoms with Gasteiger partial charge in [0.2, 0.25) is 0 Å². The van der Waals surface area contributed by atoms with Gasteiger partial charge in [0, 0.05) is 28.3 Å². The Morgan fingerprint density at radius 1 is 1.08 bits per heavy atom. The van der Waals surface area contributed by atoms with Crippen molar-refractivity contribution in [1.29, 1.82) is 5.26 Å². The number of pyridine rings is 1. The molecule has 26 heavy (non-hydrogen) atoms. The summed E-state index contributed by atoms with van der Waals surface area (Å²) in [5.41, 5.74) is 3.96. The van der Waals surface area contributed by atoms with Crippen LogP contribution in [0, 0.1) is 18.3 Å². The molecule has 0 radical (unpaired) electrons. The normalized spacial score (nSPS) is 10.0. The van der Waals surface area contributed by atoms with E-state index in [0.717, 1.165) is 16.9 Å². The predicted octanol–water partition coefficient (Wildman–Crippen LogP) is 4.91. The second-order valence-electron chi connectivity index (χ2n) is 5.66. The Labute approximate surface area is 156 Å². The molecule has 0 aliphatic carbocycles. The zero-order chi connectivity index (χ0) is 18.5. The number of nitriles is 1. The Bertz CT molecular complexity index is 993. The zero-order valence-electron chi connectivity index (χ0n) is 14.0. The topological polar surface area (TPSA) is 77.8 Å². The van der Waals surface area contributed by atoms with Crippen LogP contribution >= 0.6 is 11.6 Å². The summed E-state index contributed by atoms with van der Waals surface area (Å²) >= 11 is 5.99. The number of hydrogen-bond donors (Lipinski definition) is 2. The van der Waals surface area contributed by atoms with Crippen molar-refractivity contribution in [3.05, 3.63) is 82.6 Å². The van der Waals surface area contributed by atoms with E-state index in [1.807, 2.05) is 13.0 Å². The monoisotopic (exact) mass is 362 g/mol. The third kappa shape index (κ3) is 4.18. The van der Waals surface area contributed by atoms with E-state index < -0.39 is 0 Å². The molecule has 0 aliphatic rings. The first kappa shape index (κ1) is 17.5. The van der Waals surface area contributed by atoms with Crippen LogP contribution in [0.1, 0.15) is 21.6 Å². The van der Waals surface area contributed by atoms with Gasteiger partial charge in [-0.05, 0) is 61.0 Å². The average Bonchev–Trinajstić information content (AvgIpc) is 2.65. The van der Waals surface area contributed by atoms with Crippen molar-refractivity contribution >= 4 is 34.6 Å². The minimum atomic E-state index is -0.321. The highest BCUT2D eigenvalue weighted by Gasteiger charge is 2.10. The Morgan fingerprint density at radius 2 is 1.85 bits per heavy atom. The van der Waals surface area contributed by atoms with Gasteiger partial charge in [-0.1, -0.05) is 17.7 Å². The minimum Gasteiger partial charge on any atom is -0.355 e. The number of halogens is 1. The molecule has 2 N–H and O–H groups in total. The lowest BCUT2D eigenvalue weighted by Gasteiger charge is -2.10. The maximum atomic E-state index is 12.5. The van der Waals surface area contributed by atoms with Crippen molar-refractivity contribution in [2.45, 2.75) is 6.92 Å². The number of carbonyl (C=O) groups is 1. The summed E-state index contributed by atoms with van der Waals surface area (Å²) in [5, 5.41) is 15.4. The van der Waals surface area contributed by atoms with Crippen molar-refractivity contribution in [3.63, 3.8) is 0 Å². The number of amides is 1. The highest BCUT2D eigenvalue weighted by molar-refractivity contribution is 6.31. The number of anilines is 3. The molecule has 0 fully saturated rings. The Balaban J connectivity index is 1.76. The number of rotatable bonds is 4. The average molecular weight is 363 g/mol. The van der Waals surface area contributed by atoms with E-state index in [1.54, 1.807) is 54.7 Å². The smallest absolute Gasteiger partial charge is 0.274 e. The number of aryl methyl sites for hydroxylation is 1. The number of carbonyl (C=O) groups excluding carboxylic acids is 1. The molecule has 6 heteroatoms. The van der Waals surface area contributed by atoms with Crippen LogP contribution in [0.2, 0.25) is 5.02 Å². The molecule has 1 heterocycles. The maximum absolute atomic E-state index is 12.5. The molecule has 0 unspecified atom stereocenters. The van der Waals surface area contributed by atoms with Gasteiger partial charge < -0.3 is 10.6 Å². The quantitative estimate of drug-likeness (QED) is 0.691. The molecule has 0 spiro atoms. The van der Waals surface area contributed by atoms with Crippen LogP contribution < -0.4 is 10.6 Å². The van der Waals surface area contributed by atoms with E-state index in [2.05, 4.69) is 21.7 Å². The minimum absolute atomic E-state index is 0.281. The summed E-state index contributed by atoms with van der Waals surface area (Å²) in [6.07, 6.45) is 1.56. The second-order valence-corrected chi connectivity index (χ2v) is 6.09. The highest BCUT2D eigenvalue weighted by atomic mass is 35.5. The van der Waals surface area contributed by atoms with E-state index >= 15 is 0 Å². The number of benzene rings is 2. The summed E-state index contributed by atoms with van der Waals surface area (Å²) in [4.78, 5) is 16.6. The third-order valence-electron chi connectivity index (χ3n) is 3.74. The highest BCUT2D eigenvalue weighted by Crippen LogP contribution is 2.22. The van der Waals surface area contributed by atoms with Gasteiger partial charge in [0.05, 0.1) is 11.6 Å². The van der Waals surface area contributed by atoms with Gasteiger partial charge in [-0.3, -0.25) is 9.78 Å². The van der Waals surface area contributed by atoms with Gasteiger partial charge in [0.25, 0.3) is 5.91 Å². The summed E-state index contributed by atoms with van der Waals surface area (Å²) in [6, 6.07) is 17.9. The van der Waals surface area contributed by atoms with Crippen LogP contribution in [0.4, 0.5) is 17.1 Å². The lowest BCUT2D eigenvalue weighted by molar-refractivity contribution is 0.102. The molecule has 3 aromatic rings. The standard InChI is InChI=1S/C20H15ClN4O/c1-13-2-5-15(21)10-18(13)25-20(26)19-11-17(8-9-23-19)24-16-6-3-14(12-22)4-7-16/h2-11H,1H3,(H,23,24)(H,25,26). The van der Waals surface area contributed by atoms with Crippen LogP contribution in [-0.2, 0) is 0 Å². The molecule has 0 saturated heterocycles. The van der Waals surface area contributed by atoms with Gasteiger partial charge in [0.1, 0.15) is 5.69 Å². The van der Waals surface area contributed by atoms with Crippen LogP contribution in [0.15, 0.2) is 60.8 Å². The molecule has 128 valence electrons. The summed E-state index contributed by atoms with van der Waals surface area (Å²) in [5.74, 6) is -0.321. The van der Waals surface area contributed by atoms with Crippen molar-refractivity contribution < 1.29 is 4.79 Å². The Hall–Kier alpha value is -3.36. The summed E-state index contributed by atoms with van der Waals surface area (Å²) < 4.78 is 0. The van der Waals surface area contributed by atoms with E-state index in [9.17, 15) is 4.79 Å². The van der Waals surface area contributed by atoms with Crippen molar-refractivity contribution in [1.82, 2.24) is 4.98 Å². The summed E-state index contributed by atoms with van der Waals surface area (Å²) in [7, 11) is 0. The van der Waals surface area contributed by atoms with Crippen molar-refractivity contribution in [2.75, 3.05) is 10.6 Å². The molecule has 0 atom stereocenters. The first-order chi connectivity index (χ1) is 12.5. The molecule has 0 saturated carbocycles. The first-order valence-corrected chi connectivity index (χ1v) is 8.24. The number of aromatic nitrogens is 1. The molecule has 5 nitrogen and oxygen atoms in total. The number of nitrogens with one attached hydrogen (secondary N) is 2. The Morgan fingerprint density at radius 3 is 2.58 bits per heavy atom. The number of hydrogen-bond acceptors (Lipinski definition) is 4. The van der Waals surface area contributed by atoms with Gasteiger partial charge in [-0.2, -0.15) is 5.26 Å². The van der Waals surface area contributed by atoms with E-state index in [-0.39, 0.29) is 11.6 Å². The SMILES string of the molecule is Cc1ccc(Cl)cc1NC(=O)c1cc(Nc2ccc(C#N)cc2)ccn1. The maximum Gasteiger partial charge on any atom is 0.274 e.